The van der Waals surface area contributed by atoms with E-state index in [1.54, 1.807) is 6.07 Å². The van der Waals surface area contributed by atoms with Gasteiger partial charge in [-0.3, -0.25) is 4.79 Å². The summed E-state index contributed by atoms with van der Waals surface area (Å²) in [5.74, 6) is -0.117. The van der Waals surface area contributed by atoms with Crippen molar-refractivity contribution in [3.05, 3.63) is 59.1 Å². The van der Waals surface area contributed by atoms with Gasteiger partial charge in [0.05, 0.1) is 23.4 Å². The molecule has 148 valence electrons. The Bertz CT molecular complexity index is 731. The maximum Gasteiger partial charge on any atom is 0.244 e. The van der Waals surface area contributed by atoms with Crippen molar-refractivity contribution in [2.24, 2.45) is 0 Å². The molecule has 0 spiro atoms. The summed E-state index contributed by atoms with van der Waals surface area (Å²) in [6, 6.07) is 15.2. The molecule has 1 fully saturated rings. The first-order valence-electron chi connectivity index (χ1n) is 8.36. The van der Waals surface area contributed by atoms with Gasteiger partial charge in [-0.15, -0.1) is 24.8 Å². The third-order valence-corrected chi connectivity index (χ3v) is 4.47. The monoisotopic (exact) mass is 431 g/mol. The highest BCUT2D eigenvalue weighted by Gasteiger charge is 2.28. The molecule has 1 aliphatic rings. The quantitative estimate of drug-likeness (QED) is 0.665. The van der Waals surface area contributed by atoms with Crippen molar-refractivity contribution in [1.29, 1.82) is 0 Å². The number of carbonyl (C=O) groups excluding carboxylic acids is 1. The number of hydrogen-bond donors (Lipinski definition) is 3. The van der Waals surface area contributed by atoms with Crippen molar-refractivity contribution in [2.75, 3.05) is 23.8 Å². The van der Waals surface area contributed by atoms with E-state index >= 15 is 0 Å². The van der Waals surface area contributed by atoms with Crippen LogP contribution in [0, 0.1) is 0 Å². The number of nitrogens with one attached hydrogen (secondary N) is 3. The van der Waals surface area contributed by atoms with Crippen molar-refractivity contribution < 1.29 is 9.53 Å². The molecule has 2 aromatic carbocycles. The normalized spacial score (nSPS) is 18.6. The number of ether oxygens (including phenoxy) is 1. The lowest BCUT2D eigenvalue weighted by atomic mass is 10.1. The van der Waals surface area contributed by atoms with Crippen LogP contribution >= 0.6 is 36.4 Å². The van der Waals surface area contributed by atoms with Crippen molar-refractivity contribution in [3.63, 3.8) is 0 Å². The Morgan fingerprint density at radius 3 is 2.63 bits per heavy atom. The lowest BCUT2D eigenvalue weighted by molar-refractivity contribution is -0.123. The Balaban J connectivity index is 0.00000182. The van der Waals surface area contributed by atoms with Gasteiger partial charge in [-0.1, -0.05) is 41.9 Å². The van der Waals surface area contributed by atoms with Crippen LogP contribution in [0.15, 0.2) is 48.5 Å². The van der Waals surface area contributed by atoms with Crippen LogP contribution in [0.4, 0.5) is 11.4 Å². The van der Waals surface area contributed by atoms with E-state index in [0.717, 1.165) is 5.69 Å². The number of anilines is 2. The number of hydrogen-bond acceptors (Lipinski definition) is 4. The molecule has 0 aromatic heterocycles. The molecule has 8 heteroatoms. The van der Waals surface area contributed by atoms with Crippen molar-refractivity contribution >= 4 is 53.7 Å². The highest BCUT2D eigenvalue weighted by molar-refractivity contribution is 6.33. The van der Waals surface area contributed by atoms with Crippen LogP contribution in [0.25, 0.3) is 0 Å². The number of benzene rings is 2. The summed E-state index contributed by atoms with van der Waals surface area (Å²) in [5, 5.41) is 9.93. The zero-order valence-corrected chi connectivity index (χ0v) is 17.3. The van der Waals surface area contributed by atoms with E-state index in [-0.39, 0.29) is 42.9 Å². The molecule has 3 rings (SSSR count). The van der Waals surface area contributed by atoms with E-state index in [2.05, 4.69) is 28.1 Å². The Hall–Kier alpha value is -1.50. The highest BCUT2D eigenvalue weighted by Crippen LogP contribution is 2.26. The van der Waals surface area contributed by atoms with Gasteiger partial charge in [-0.25, -0.2) is 0 Å². The van der Waals surface area contributed by atoms with E-state index in [0.29, 0.717) is 30.4 Å². The number of amides is 1. The Morgan fingerprint density at radius 2 is 1.96 bits per heavy atom. The van der Waals surface area contributed by atoms with Gasteiger partial charge in [-0.05, 0) is 30.7 Å². The van der Waals surface area contributed by atoms with Crippen LogP contribution in [-0.4, -0.2) is 31.2 Å². The molecule has 0 aliphatic carbocycles. The maximum absolute atomic E-state index is 12.4. The van der Waals surface area contributed by atoms with Crippen molar-refractivity contribution in [3.8, 4) is 0 Å². The molecule has 0 radical (unpaired) electrons. The summed E-state index contributed by atoms with van der Waals surface area (Å²) in [5.41, 5.74) is 2.67. The summed E-state index contributed by atoms with van der Waals surface area (Å²) >= 11 is 6.34. The first kappa shape index (κ1) is 23.5. The van der Waals surface area contributed by atoms with Gasteiger partial charge in [0.1, 0.15) is 6.04 Å². The van der Waals surface area contributed by atoms with Crippen LogP contribution in [0.2, 0.25) is 5.02 Å². The topological polar surface area (TPSA) is 62.4 Å². The zero-order valence-electron chi connectivity index (χ0n) is 14.9. The van der Waals surface area contributed by atoms with Gasteiger partial charge >= 0.3 is 0 Å². The number of morpholine rings is 1. The largest absolute Gasteiger partial charge is 0.380 e. The average molecular weight is 433 g/mol. The van der Waals surface area contributed by atoms with E-state index in [1.807, 2.05) is 37.3 Å². The molecule has 0 saturated carbocycles. The van der Waals surface area contributed by atoms with E-state index in [4.69, 9.17) is 16.3 Å². The van der Waals surface area contributed by atoms with Crippen molar-refractivity contribution in [2.45, 2.75) is 25.6 Å². The lowest BCUT2D eigenvalue weighted by Gasteiger charge is -2.29. The summed E-state index contributed by atoms with van der Waals surface area (Å²) in [6.07, 6.45) is -0.156. The van der Waals surface area contributed by atoms with E-state index < -0.39 is 0 Å². The zero-order chi connectivity index (χ0) is 17.6. The van der Waals surface area contributed by atoms with Gasteiger partial charge < -0.3 is 20.7 Å². The molecule has 1 amide bonds. The Labute approximate surface area is 177 Å². The summed E-state index contributed by atoms with van der Waals surface area (Å²) in [6.45, 7) is 3.87. The second-order valence-corrected chi connectivity index (χ2v) is 6.44. The molecule has 1 aliphatic heterocycles. The second-order valence-electron chi connectivity index (χ2n) is 6.03. The predicted molar refractivity (Wildman–Crippen MR) is 116 cm³/mol. The number of rotatable bonds is 5. The average Bonchev–Trinajstić information content (AvgIpc) is 2.62. The molecule has 1 heterocycles. The molecule has 0 bridgehead atoms. The minimum absolute atomic E-state index is 0. The smallest absolute Gasteiger partial charge is 0.244 e. The Kier molecular flexibility index (Phi) is 9.91. The van der Waals surface area contributed by atoms with Crippen molar-refractivity contribution in [1.82, 2.24) is 5.32 Å². The number of halogens is 3. The first-order chi connectivity index (χ1) is 12.1. The molecule has 0 unspecified atom stereocenters. The van der Waals surface area contributed by atoms with E-state index in [1.165, 1.54) is 5.56 Å². The third kappa shape index (κ3) is 6.55. The summed E-state index contributed by atoms with van der Waals surface area (Å²) in [7, 11) is 0. The van der Waals surface area contributed by atoms with Crippen LogP contribution in [-0.2, 0) is 16.1 Å². The minimum atomic E-state index is -0.358. The van der Waals surface area contributed by atoms with Gasteiger partial charge in [0.15, 0.2) is 0 Å². The van der Waals surface area contributed by atoms with E-state index in [9.17, 15) is 4.79 Å². The van der Waals surface area contributed by atoms with Gasteiger partial charge in [0.2, 0.25) is 5.91 Å². The highest BCUT2D eigenvalue weighted by atomic mass is 35.5. The fourth-order valence-electron chi connectivity index (χ4n) is 2.78. The van der Waals surface area contributed by atoms with Gasteiger partial charge in [0.25, 0.3) is 0 Å². The molecule has 2 atom stereocenters. The predicted octanol–water partition coefficient (Wildman–Crippen LogP) is 4.11. The maximum atomic E-state index is 12.4. The standard InChI is InChI=1S/C19H22ClN3O2.2ClH/c1-13-18(21-9-10-25-13)19(24)23-15-7-8-17(16(20)11-15)22-12-14-5-3-2-4-6-14;;/h2-8,11,13,18,21-22H,9-10,12H2,1H3,(H,23,24);2*1H/t13-,18+;;/m1../s1. The molecule has 1 saturated heterocycles. The summed E-state index contributed by atoms with van der Waals surface area (Å²) in [4.78, 5) is 12.4. The second kappa shape index (κ2) is 11.4. The molecule has 5 nitrogen and oxygen atoms in total. The third-order valence-electron chi connectivity index (χ3n) is 4.16. The molecule has 2 aromatic rings. The van der Waals surface area contributed by atoms with Gasteiger partial charge in [-0.2, -0.15) is 0 Å². The molecule has 3 N–H and O–H groups in total. The van der Waals surface area contributed by atoms with Crippen LogP contribution in [0.5, 0.6) is 0 Å². The SMILES string of the molecule is C[C@H]1OCCN[C@@H]1C(=O)Nc1ccc(NCc2ccccc2)c(Cl)c1.Cl.Cl. The minimum Gasteiger partial charge on any atom is -0.380 e. The van der Waals surface area contributed by atoms with Crippen LogP contribution in [0.3, 0.4) is 0 Å². The van der Waals surface area contributed by atoms with Crippen LogP contribution < -0.4 is 16.0 Å². The fraction of sp³-hybridized carbons (Fsp3) is 0.316. The Morgan fingerprint density at radius 1 is 1.22 bits per heavy atom. The van der Waals surface area contributed by atoms with Gasteiger partial charge in [0, 0.05) is 18.8 Å². The first-order valence-corrected chi connectivity index (χ1v) is 8.74. The number of carbonyl (C=O) groups is 1. The molecule has 27 heavy (non-hydrogen) atoms. The molecular weight excluding hydrogens is 409 g/mol. The lowest BCUT2D eigenvalue weighted by Crippen LogP contribution is -2.53. The fourth-order valence-corrected chi connectivity index (χ4v) is 3.02. The van der Waals surface area contributed by atoms with Crippen LogP contribution in [0.1, 0.15) is 12.5 Å². The summed E-state index contributed by atoms with van der Waals surface area (Å²) < 4.78 is 5.51. The molecular formula is C19H24Cl3N3O2.